The smallest absolute Gasteiger partial charge is 0.243 e. The summed E-state index contributed by atoms with van der Waals surface area (Å²) in [6.07, 6.45) is 2.23. The molecule has 10 heteroatoms. The fraction of sp³-hybridized carbons (Fsp3) is 0.333. The fourth-order valence-electron chi connectivity index (χ4n) is 2.68. The molecule has 1 amide bonds. The maximum absolute atomic E-state index is 13.3. The fourth-order valence-corrected chi connectivity index (χ4v) is 4.72. The Kier molecular flexibility index (Phi) is 5.11. The van der Waals surface area contributed by atoms with Crippen molar-refractivity contribution in [2.45, 2.75) is 17.7 Å². The maximum atomic E-state index is 13.3. The number of thiazole rings is 1. The van der Waals surface area contributed by atoms with Crippen LogP contribution in [-0.4, -0.2) is 36.7 Å². The summed E-state index contributed by atoms with van der Waals surface area (Å²) in [6.45, 7) is 0.215. The van der Waals surface area contributed by atoms with E-state index in [0.29, 0.717) is 24.0 Å². The van der Waals surface area contributed by atoms with E-state index in [2.05, 4.69) is 10.3 Å². The molecule has 0 unspecified atom stereocenters. The van der Waals surface area contributed by atoms with Crippen molar-refractivity contribution in [2.75, 3.05) is 18.4 Å². The standard InChI is InChI=1S/C15H15F2N3O3S2/c16-11-7-12(17)9-13(8-11)25(22,23)20-4-1-10(2-5-20)14(21)19-15-18-3-6-24-15/h3,6-10H,1-2,4-5H2,(H,18,19,21). The Hall–Kier alpha value is -1.91. The maximum Gasteiger partial charge on any atom is 0.243 e. The molecule has 0 spiro atoms. The predicted octanol–water partition coefficient (Wildman–Crippen LogP) is 2.46. The topological polar surface area (TPSA) is 79.4 Å². The second-order valence-corrected chi connectivity index (χ2v) is 8.44. The molecule has 2 aromatic rings. The Morgan fingerprint density at radius 2 is 1.84 bits per heavy atom. The highest BCUT2D eigenvalue weighted by Gasteiger charge is 2.32. The highest BCUT2D eigenvalue weighted by atomic mass is 32.2. The Balaban J connectivity index is 1.66. The van der Waals surface area contributed by atoms with Gasteiger partial charge in [0, 0.05) is 36.7 Å². The number of hydrogen-bond donors (Lipinski definition) is 1. The zero-order valence-electron chi connectivity index (χ0n) is 13.0. The number of piperidine rings is 1. The van der Waals surface area contributed by atoms with Crippen molar-refractivity contribution in [1.82, 2.24) is 9.29 Å². The lowest BCUT2D eigenvalue weighted by atomic mass is 9.97. The lowest BCUT2D eigenvalue weighted by Gasteiger charge is -2.30. The number of nitrogens with one attached hydrogen (secondary N) is 1. The molecular weight excluding hydrogens is 372 g/mol. The van der Waals surface area contributed by atoms with E-state index in [-0.39, 0.29) is 24.9 Å². The predicted molar refractivity (Wildman–Crippen MR) is 88.6 cm³/mol. The number of aromatic nitrogens is 1. The molecule has 6 nitrogen and oxygen atoms in total. The number of anilines is 1. The van der Waals surface area contributed by atoms with Crippen molar-refractivity contribution >= 4 is 32.4 Å². The van der Waals surface area contributed by atoms with Crippen molar-refractivity contribution in [3.05, 3.63) is 41.4 Å². The molecule has 3 rings (SSSR count). The zero-order chi connectivity index (χ0) is 18.0. The Morgan fingerprint density at radius 1 is 1.20 bits per heavy atom. The largest absolute Gasteiger partial charge is 0.302 e. The molecule has 1 aliphatic heterocycles. The first-order valence-electron chi connectivity index (χ1n) is 7.53. The molecule has 0 radical (unpaired) electrons. The van der Waals surface area contributed by atoms with Gasteiger partial charge in [-0.15, -0.1) is 11.3 Å². The van der Waals surface area contributed by atoms with Crippen LogP contribution in [0.5, 0.6) is 0 Å². The first-order valence-corrected chi connectivity index (χ1v) is 9.85. The number of benzene rings is 1. The van der Waals surface area contributed by atoms with Crippen LogP contribution >= 0.6 is 11.3 Å². The number of hydrogen-bond acceptors (Lipinski definition) is 5. The van der Waals surface area contributed by atoms with Gasteiger partial charge in [0.25, 0.3) is 0 Å². The summed E-state index contributed by atoms with van der Waals surface area (Å²) in [4.78, 5) is 15.7. The molecule has 134 valence electrons. The van der Waals surface area contributed by atoms with Crippen LogP contribution in [0, 0.1) is 17.6 Å². The molecule has 1 aromatic heterocycles. The summed E-state index contributed by atoms with van der Waals surface area (Å²) < 4.78 is 52.7. The SMILES string of the molecule is O=C(Nc1nccs1)C1CCN(S(=O)(=O)c2cc(F)cc(F)c2)CC1. The van der Waals surface area contributed by atoms with Gasteiger partial charge in [-0.1, -0.05) is 0 Å². The van der Waals surface area contributed by atoms with Gasteiger partial charge in [0.1, 0.15) is 11.6 Å². The van der Waals surface area contributed by atoms with Gasteiger partial charge in [-0.2, -0.15) is 4.31 Å². The van der Waals surface area contributed by atoms with Gasteiger partial charge >= 0.3 is 0 Å². The summed E-state index contributed by atoms with van der Waals surface area (Å²) in [5.41, 5.74) is 0. The van der Waals surface area contributed by atoms with Gasteiger partial charge in [0.05, 0.1) is 4.90 Å². The van der Waals surface area contributed by atoms with Crippen LogP contribution in [-0.2, 0) is 14.8 Å². The number of carbonyl (C=O) groups excluding carboxylic acids is 1. The summed E-state index contributed by atoms with van der Waals surface area (Å²) in [6, 6.07) is 2.20. The minimum atomic E-state index is -3.99. The zero-order valence-corrected chi connectivity index (χ0v) is 14.6. The van der Waals surface area contributed by atoms with Crippen LogP contribution in [0.4, 0.5) is 13.9 Å². The molecule has 2 heterocycles. The van der Waals surface area contributed by atoms with Crippen molar-refractivity contribution in [3.8, 4) is 0 Å². The molecule has 0 saturated carbocycles. The normalized spacial score (nSPS) is 16.7. The molecule has 1 fully saturated rings. The quantitative estimate of drug-likeness (QED) is 0.874. The van der Waals surface area contributed by atoms with Crippen LogP contribution in [0.2, 0.25) is 0 Å². The third kappa shape index (κ3) is 4.02. The average Bonchev–Trinajstić information content (AvgIpc) is 3.07. The van der Waals surface area contributed by atoms with E-state index in [1.165, 1.54) is 11.3 Å². The van der Waals surface area contributed by atoms with E-state index in [4.69, 9.17) is 0 Å². The number of amides is 1. The van der Waals surface area contributed by atoms with E-state index in [1.807, 2.05) is 0 Å². The van der Waals surface area contributed by atoms with Crippen LogP contribution in [0.1, 0.15) is 12.8 Å². The summed E-state index contributed by atoms with van der Waals surface area (Å²) in [7, 11) is -3.99. The van der Waals surface area contributed by atoms with Crippen LogP contribution in [0.3, 0.4) is 0 Å². The third-order valence-electron chi connectivity index (χ3n) is 3.96. The van der Waals surface area contributed by atoms with Crippen molar-refractivity contribution in [3.63, 3.8) is 0 Å². The van der Waals surface area contributed by atoms with Crippen molar-refractivity contribution in [2.24, 2.45) is 5.92 Å². The van der Waals surface area contributed by atoms with Crippen LogP contribution in [0.25, 0.3) is 0 Å². The van der Waals surface area contributed by atoms with Crippen molar-refractivity contribution in [1.29, 1.82) is 0 Å². The number of carbonyl (C=O) groups is 1. The first kappa shape index (κ1) is 17.9. The minimum absolute atomic E-state index is 0.108. The Bertz CT molecular complexity index is 844. The molecule has 1 saturated heterocycles. The second-order valence-electron chi connectivity index (χ2n) is 5.61. The molecule has 25 heavy (non-hydrogen) atoms. The Morgan fingerprint density at radius 3 is 2.40 bits per heavy atom. The van der Waals surface area contributed by atoms with Crippen molar-refractivity contribution < 1.29 is 22.0 Å². The van der Waals surface area contributed by atoms with E-state index in [9.17, 15) is 22.0 Å². The summed E-state index contributed by atoms with van der Waals surface area (Å²) >= 11 is 1.30. The van der Waals surface area contributed by atoms with E-state index < -0.39 is 26.6 Å². The van der Waals surface area contributed by atoms with Gasteiger partial charge in [-0.25, -0.2) is 22.2 Å². The van der Waals surface area contributed by atoms with E-state index in [0.717, 1.165) is 16.4 Å². The molecule has 1 aromatic carbocycles. The third-order valence-corrected chi connectivity index (χ3v) is 6.53. The summed E-state index contributed by atoms with van der Waals surface area (Å²) in [5, 5.41) is 4.93. The van der Waals surface area contributed by atoms with Gasteiger partial charge in [-0.3, -0.25) is 4.79 Å². The highest BCUT2D eigenvalue weighted by molar-refractivity contribution is 7.89. The lowest BCUT2D eigenvalue weighted by Crippen LogP contribution is -2.41. The monoisotopic (exact) mass is 387 g/mol. The van der Waals surface area contributed by atoms with Gasteiger partial charge < -0.3 is 5.32 Å². The first-order chi connectivity index (χ1) is 11.9. The minimum Gasteiger partial charge on any atom is -0.302 e. The van der Waals surface area contributed by atoms with Gasteiger partial charge in [-0.05, 0) is 25.0 Å². The molecular formula is C15H15F2N3O3S2. The molecule has 0 atom stereocenters. The Labute approximate surface area is 147 Å². The second kappa shape index (κ2) is 7.14. The molecule has 1 aliphatic rings. The molecule has 1 N–H and O–H groups in total. The van der Waals surface area contributed by atoms with Gasteiger partial charge in [0.15, 0.2) is 5.13 Å². The number of rotatable bonds is 4. The highest BCUT2D eigenvalue weighted by Crippen LogP contribution is 2.26. The number of halogens is 2. The average molecular weight is 387 g/mol. The molecule has 0 bridgehead atoms. The molecule has 0 aliphatic carbocycles. The lowest BCUT2D eigenvalue weighted by molar-refractivity contribution is -0.120. The van der Waals surface area contributed by atoms with E-state index >= 15 is 0 Å². The van der Waals surface area contributed by atoms with E-state index in [1.54, 1.807) is 11.6 Å². The summed E-state index contributed by atoms with van der Waals surface area (Å²) in [5.74, 6) is -2.43. The number of nitrogens with zero attached hydrogens (tertiary/aromatic N) is 2. The van der Waals surface area contributed by atoms with Crippen LogP contribution in [0.15, 0.2) is 34.7 Å². The van der Waals surface area contributed by atoms with Gasteiger partial charge in [0.2, 0.25) is 15.9 Å². The number of sulfonamides is 1. The van der Waals surface area contributed by atoms with Crippen LogP contribution < -0.4 is 5.32 Å².